The summed E-state index contributed by atoms with van der Waals surface area (Å²) in [5, 5.41) is 0. The van der Waals surface area contributed by atoms with Crippen LogP contribution in [0.25, 0.3) is 0 Å². The van der Waals surface area contributed by atoms with Gasteiger partial charge in [-0.25, -0.2) is 0 Å². The first kappa shape index (κ1) is 20.6. The van der Waals surface area contributed by atoms with Gasteiger partial charge >= 0.3 is 0 Å². The van der Waals surface area contributed by atoms with Crippen LogP contribution in [0.3, 0.4) is 0 Å². The summed E-state index contributed by atoms with van der Waals surface area (Å²) in [5.74, 6) is 0.0724. The summed E-state index contributed by atoms with van der Waals surface area (Å²) in [4.78, 5) is 14.3. The Labute approximate surface area is 145 Å². The molecule has 5 heteroatoms. The van der Waals surface area contributed by atoms with E-state index < -0.39 is 6.29 Å². The van der Waals surface area contributed by atoms with Crippen LogP contribution in [0.5, 0.6) is 0 Å². The molecule has 0 aromatic heterocycles. The van der Waals surface area contributed by atoms with Crippen LogP contribution in [-0.4, -0.2) is 57.1 Å². The van der Waals surface area contributed by atoms with Crippen molar-refractivity contribution in [3.05, 3.63) is 35.9 Å². The number of nitrogens with zero attached hydrogens (tertiary/aromatic N) is 1. The SMILES string of the molecule is CCC(C)N(CC(OC)OC)C(=O)CCOCCc1ccccc1. The van der Waals surface area contributed by atoms with Gasteiger partial charge in [0.25, 0.3) is 0 Å². The van der Waals surface area contributed by atoms with Crippen LogP contribution in [0.15, 0.2) is 30.3 Å². The number of benzene rings is 1. The first-order valence-corrected chi connectivity index (χ1v) is 8.59. The Bertz CT molecular complexity index is 448. The maximum absolute atomic E-state index is 12.5. The van der Waals surface area contributed by atoms with Gasteiger partial charge in [0.05, 0.1) is 26.2 Å². The Morgan fingerprint density at radius 3 is 2.38 bits per heavy atom. The van der Waals surface area contributed by atoms with E-state index in [1.807, 2.05) is 30.0 Å². The summed E-state index contributed by atoms with van der Waals surface area (Å²) in [5.41, 5.74) is 1.24. The molecule has 0 bridgehead atoms. The number of rotatable bonds is 12. The molecule has 1 aromatic carbocycles. The van der Waals surface area contributed by atoms with Gasteiger partial charge in [0.2, 0.25) is 5.91 Å². The summed E-state index contributed by atoms with van der Waals surface area (Å²) in [6.07, 6.45) is 1.72. The first-order valence-electron chi connectivity index (χ1n) is 8.59. The molecule has 0 saturated carbocycles. The fourth-order valence-corrected chi connectivity index (χ4v) is 2.39. The second-order valence-corrected chi connectivity index (χ2v) is 5.80. The Balaban J connectivity index is 2.35. The van der Waals surface area contributed by atoms with Crippen LogP contribution in [-0.2, 0) is 25.4 Å². The van der Waals surface area contributed by atoms with Gasteiger partial charge in [-0.15, -0.1) is 0 Å². The van der Waals surface area contributed by atoms with E-state index in [-0.39, 0.29) is 11.9 Å². The van der Waals surface area contributed by atoms with Gasteiger partial charge in [-0.2, -0.15) is 0 Å². The first-order chi connectivity index (χ1) is 11.6. The molecule has 0 aliphatic rings. The molecular weight excluding hydrogens is 306 g/mol. The largest absolute Gasteiger partial charge is 0.381 e. The molecule has 0 fully saturated rings. The van der Waals surface area contributed by atoms with Crippen molar-refractivity contribution in [2.75, 3.05) is 34.0 Å². The average Bonchev–Trinajstić information content (AvgIpc) is 2.62. The highest BCUT2D eigenvalue weighted by Gasteiger charge is 2.22. The minimum atomic E-state index is -0.401. The summed E-state index contributed by atoms with van der Waals surface area (Å²) in [6, 6.07) is 10.3. The maximum atomic E-state index is 12.5. The van der Waals surface area contributed by atoms with Crippen LogP contribution < -0.4 is 0 Å². The van der Waals surface area contributed by atoms with Gasteiger partial charge in [-0.1, -0.05) is 37.3 Å². The smallest absolute Gasteiger partial charge is 0.225 e. The van der Waals surface area contributed by atoms with Crippen molar-refractivity contribution in [3.8, 4) is 0 Å². The summed E-state index contributed by atoms with van der Waals surface area (Å²) in [6.45, 7) is 5.60. The second-order valence-electron chi connectivity index (χ2n) is 5.80. The molecule has 0 N–H and O–H groups in total. The predicted molar refractivity (Wildman–Crippen MR) is 94.9 cm³/mol. The van der Waals surface area contributed by atoms with Gasteiger partial charge in [0.15, 0.2) is 6.29 Å². The molecule has 1 amide bonds. The lowest BCUT2D eigenvalue weighted by atomic mass is 10.2. The van der Waals surface area contributed by atoms with E-state index in [0.717, 1.165) is 12.8 Å². The molecule has 1 unspecified atom stereocenters. The van der Waals surface area contributed by atoms with E-state index in [1.165, 1.54) is 5.56 Å². The third-order valence-electron chi connectivity index (χ3n) is 4.15. The van der Waals surface area contributed by atoms with E-state index in [1.54, 1.807) is 14.2 Å². The van der Waals surface area contributed by atoms with Crippen LogP contribution in [0.1, 0.15) is 32.3 Å². The van der Waals surface area contributed by atoms with Crippen molar-refractivity contribution in [3.63, 3.8) is 0 Å². The topological polar surface area (TPSA) is 48.0 Å². The highest BCUT2D eigenvalue weighted by Crippen LogP contribution is 2.09. The number of carbonyl (C=O) groups is 1. The van der Waals surface area contributed by atoms with Gasteiger partial charge in [-0.3, -0.25) is 4.79 Å². The Morgan fingerprint density at radius 2 is 1.79 bits per heavy atom. The molecule has 5 nitrogen and oxygen atoms in total. The monoisotopic (exact) mass is 337 g/mol. The molecule has 0 radical (unpaired) electrons. The third-order valence-corrected chi connectivity index (χ3v) is 4.15. The van der Waals surface area contributed by atoms with Crippen molar-refractivity contribution < 1.29 is 19.0 Å². The molecule has 1 atom stereocenters. The van der Waals surface area contributed by atoms with Crippen LogP contribution in [0.4, 0.5) is 0 Å². The number of methoxy groups -OCH3 is 2. The quantitative estimate of drug-likeness (QED) is 0.435. The van der Waals surface area contributed by atoms with E-state index in [0.29, 0.717) is 26.2 Å². The molecule has 136 valence electrons. The molecule has 0 saturated heterocycles. The molecular formula is C19H31NO4. The molecule has 0 spiro atoms. The minimum Gasteiger partial charge on any atom is -0.381 e. The molecule has 0 aliphatic carbocycles. The zero-order valence-corrected chi connectivity index (χ0v) is 15.4. The number of carbonyl (C=O) groups excluding carboxylic acids is 1. The highest BCUT2D eigenvalue weighted by molar-refractivity contribution is 5.76. The lowest BCUT2D eigenvalue weighted by molar-refractivity contribution is -0.149. The number of ether oxygens (including phenoxy) is 3. The third kappa shape index (κ3) is 7.43. The van der Waals surface area contributed by atoms with Crippen molar-refractivity contribution >= 4 is 5.91 Å². The highest BCUT2D eigenvalue weighted by atomic mass is 16.7. The zero-order chi connectivity index (χ0) is 17.8. The van der Waals surface area contributed by atoms with Gasteiger partial charge in [0, 0.05) is 20.3 Å². The number of hydrogen-bond donors (Lipinski definition) is 0. The van der Waals surface area contributed by atoms with Crippen molar-refractivity contribution in [2.45, 2.75) is 45.4 Å². The van der Waals surface area contributed by atoms with Gasteiger partial charge in [-0.05, 0) is 25.3 Å². The van der Waals surface area contributed by atoms with Gasteiger partial charge in [0.1, 0.15) is 0 Å². The molecule has 1 rings (SSSR count). The Kier molecular flexibility index (Phi) is 10.3. The van der Waals surface area contributed by atoms with Crippen LogP contribution >= 0.6 is 0 Å². The lowest BCUT2D eigenvalue weighted by Crippen LogP contribution is -2.44. The molecule has 0 heterocycles. The van der Waals surface area contributed by atoms with E-state index >= 15 is 0 Å². The zero-order valence-electron chi connectivity index (χ0n) is 15.4. The minimum absolute atomic E-state index is 0.0724. The van der Waals surface area contributed by atoms with E-state index in [2.05, 4.69) is 19.1 Å². The molecule has 0 aliphatic heterocycles. The van der Waals surface area contributed by atoms with E-state index in [4.69, 9.17) is 14.2 Å². The van der Waals surface area contributed by atoms with Gasteiger partial charge < -0.3 is 19.1 Å². The second kappa shape index (κ2) is 12.0. The summed E-state index contributed by atoms with van der Waals surface area (Å²) >= 11 is 0. The number of amides is 1. The summed E-state index contributed by atoms with van der Waals surface area (Å²) < 4.78 is 16.1. The maximum Gasteiger partial charge on any atom is 0.225 e. The van der Waals surface area contributed by atoms with Crippen molar-refractivity contribution in [1.82, 2.24) is 4.90 Å². The fourth-order valence-electron chi connectivity index (χ4n) is 2.39. The average molecular weight is 337 g/mol. The van der Waals surface area contributed by atoms with Crippen LogP contribution in [0, 0.1) is 0 Å². The summed E-state index contributed by atoms with van der Waals surface area (Å²) in [7, 11) is 3.17. The van der Waals surface area contributed by atoms with Crippen molar-refractivity contribution in [1.29, 1.82) is 0 Å². The number of hydrogen-bond acceptors (Lipinski definition) is 4. The Morgan fingerprint density at radius 1 is 1.12 bits per heavy atom. The fraction of sp³-hybridized carbons (Fsp3) is 0.632. The van der Waals surface area contributed by atoms with E-state index in [9.17, 15) is 4.79 Å². The normalized spacial score (nSPS) is 12.4. The molecule has 1 aromatic rings. The van der Waals surface area contributed by atoms with Crippen molar-refractivity contribution in [2.24, 2.45) is 0 Å². The standard InChI is InChI=1S/C19H31NO4/c1-5-16(2)20(15-19(22-3)23-4)18(21)12-14-24-13-11-17-9-7-6-8-10-17/h6-10,16,19H,5,11-15H2,1-4H3. The van der Waals surface area contributed by atoms with Crippen LogP contribution in [0.2, 0.25) is 0 Å². The lowest BCUT2D eigenvalue weighted by Gasteiger charge is -2.31. The predicted octanol–water partition coefficient (Wildman–Crippen LogP) is 2.88. The Hall–Kier alpha value is -1.43. The molecule has 24 heavy (non-hydrogen) atoms.